The van der Waals surface area contributed by atoms with E-state index in [1.165, 1.54) is 6.42 Å². The second kappa shape index (κ2) is 4.12. The molecule has 0 spiro atoms. The highest BCUT2D eigenvalue weighted by Crippen LogP contribution is 2.52. The number of fused-ring (bicyclic) bond motifs is 1. The molecule has 0 saturated heterocycles. The van der Waals surface area contributed by atoms with Gasteiger partial charge in [0.25, 0.3) is 0 Å². The fourth-order valence-corrected chi connectivity index (χ4v) is 2.93. The van der Waals surface area contributed by atoms with Crippen molar-refractivity contribution < 1.29 is 19.0 Å². The third-order valence-electron chi connectivity index (χ3n) is 3.75. The quantitative estimate of drug-likeness (QED) is 0.916. The smallest absolute Gasteiger partial charge is 0.338 e. The monoisotopic (exact) mass is 270 g/mol. The van der Waals surface area contributed by atoms with Gasteiger partial charge in [-0.05, 0) is 37.2 Å². The van der Waals surface area contributed by atoms with Gasteiger partial charge in [-0.15, -0.1) is 0 Å². The zero-order valence-corrected chi connectivity index (χ0v) is 10.3. The molecule has 0 amide bonds. The third kappa shape index (κ3) is 2.05. The standard InChI is InChI=1S/C13H12ClFO3/c14-10-4-9(13(16)17)11(15)5-12(10)18-8-2-6-1-7(6)3-8/h4-8H,1-3H2,(H,16,17)/t6-,7+,8?. The summed E-state index contributed by atoms with van der Waals surface area (Å²) in [5, 5.41) is 8.91. The average molecular weight is 271 g/mol. The van der Waals surface area contributed by atoms with E-state index in [1.54, 1.807) is 0 Å². The van der Waals surface area contributed by atoms with Gasteiger partial charge in [-0.2, -0.15) is 0 Å². The largest absolute Gasteiger partial charge is 0.489 e. The van der Waals surface area contributed by atoms with Gasteiger partial charge in [0.15, 0.2) is 0 Å². The van der Waals surface area contributed by atoms with Crippen molar-refractivity contribution in [1.82, 2.24) is 0 Å². The first-order valence-electron chi connectivity index (χ1n) is 5.93. The molecule has 1 unspecified atom stereocenters. The molecule has 96 valence electrons. The van der Waals surface area contributed by atoms with Crippen molar-refractivity contribution in [2.45, 2.75) is 25.4 Å². The molecule has 18 heavy (non-hydrogen) atoms. The van der Waals surface area contributed by atoms with Crippen LogP contribution < -0.4 is 4.74 Å². The van der Waals surface area contributed by atoms with E-state index in [1.807, 2.05) is 0 Å². The SMILES string of the molecule is O=C(O)c1cc(Cl)c(OC2C[C@@H]3C[C@@H]3C2)cc1F. The number of rotatable bonds is 3. The fraction of sp³-hybridized carbons (Fsp3) is 0.462. The van der Waals surface area contributed by atoms with Crippen molar-refractivity contribution in [3.05, 3.63) is 28.5 Å². The van der Waals surface area contributed by atoms with Gasteiger partial charge in [-0.3, -0.25) is 0 Å². The second-order valence-electron chi connectivity index (χ2n) is 5.03. The van der Waals surface area contributed by atoms with E-state index >= 15 is 0 Å². The molecule has 2 aliphatic carbocycles. The van der Waals surface area contributed by atoms with Crippen molar-refractivity contribution in [2.24, 2.45) is 11.8 Å². The van der Waals surface area contributed by atoms with Gasteiger partial charge in [-0.25, -0.2) is 9.18 Å². The molecule has 1 aromatic carbocycles. The van der Waals surface area contributed by atoms with E-state index in [4.69, 9.17) is 21.4 Å². The van der Waals surface area contributed by atoms with Gasteiger partial charge < -0.3 is 9.84 Å². The Labute approximate surface area is 109 Å². The number of aromatic carboxylic acids is 1. The minimum atomic E-state index is -1.33. The van der Waals surface area contributed by atoms with Crippen molar-refractivity contribution in [1.29, 1.82) is 0 Å². The van der Waals surface area contributed by atoms with Crippen molar-refractivity contribution >= 4 is 17.6 Å². The van der Waals surface area contributed by atoms with E-state index in [0.717, 1.165) is 36.8 Å². The molecule has 1 N–H and O–H groups in total. The summed E-state index contributed by atoms with van der Waals surface area (Å²) >= 11 is 5.92. The van der Waals surface area contributed by atoms with Crippen LogP contribution in [0.15, 0.2) is 12.1 Å². The molecule has 5 heteroatoms. The summed E-state index contributed by atoms with van der Waals surface area (Å²) < 4.78 is 19.2. The van der Waals surface area contributed by atoms with Crippen LogP contribution in [0.4, 0.5) is 4.39 Å². The van der Waals surface area contributed by atoms with E-state index in [2.05, 4.69) is 0 Å². The Morgan fingerprint density at radius 2 is 2.00 bits per heavy atom. The highest BCUT2D eigenvalue weighted by Gasteiger charge is 2.46. The van der Waals surface area contributed by atoms with E-state index in [0.29, 0.717) is 0 Å². The lowest BCUT2D eigenvalue weighted by Crippen LogP contribution is -2.14. The third-order valence-corrected chi connectivity index (χ3v) is 4.04. The summed E-state index contributed by atoms with van der Waals surface area (Å²) in [5.41, 5.74) is -0.429. The van der Waals surface area contributed by atoms with Crippen LogP contribution in [0.3, 0.4) is 0 Å². The molecule has 3 atom stereocenters. The Balaban J connectivity index is 1.79. The lowest BCUT2D eigenvalue weighted by atomic mass is 10.2. The molecule has 0 aromatic heterocycles. The topological polar surface area (TPSA) is 46.5 Å². The molecule has 2 aliphatic rings. The second-order valence-corrected chi connectivity index (χ2v) is 5.44. The molecular weight excluding hydrogens is 259 g/mol. The molecule has 0 aliphatic heterocycles. The first-order chi connectivity index (χ1) is 8.54. The van der Waals surface area contributed by atoms with Crippen LogP contribution in [0.25, 0.3) is 0 Å². The molecule has 1 aromatic rings. The van der Waals surface area contributed by atoms with Gasteiger partial charge in [-0.1, -0.05) is 11.6 Å². The summed E-state index contributed by atoms with van der Waals surface area (Å²) in [6.45, 7) is 0. The normalized spacial score (nSPS) is 28.9. The Morgan fingerprint density at radius 3 is 2.61 bits per heavy atom. The molecule has 3 nitrogen and oxygen atoms in total. The zero-order chi connectivity index (χ0) is 12.9. The van der Waals surface area contributed by atoms with Gasteiger partial charge in [0.05, 0.1) is 16.7 Å². The van der Waals surface area contributed by atoms with Gasteiger partial charge in [0.2, 0.25) is 0 Å². The lowest BCUT2D eigenvalue weighted by molar-refractivity contribution is 0.0692. The number of carboxylic acids is 1. The number of hydrogen-bond acceptors (Lipinski definition) is 2. The maximum atomic E-state index is 13.5. The minimum absolute atomic E-state index is 0.0846. The van der Waals surface area contributed by atoms with Crippen LogP contribution in [0.2, 0.25) is 5.02 Å². The van der Waals surface area contributed by atoms with Crippen LogP contribution in [0.5, 0.6) is 5.75 Å². The maximum Gasteiger partial charge on any atom is 0.338 e. The molecule has 0 radical (unpaired) electrons. The first-order valence-corrected chi connectivity index (χ1v) is 6.31. The van der Waals surface area contributed by atoms with Gasteiger partial charge >= 0.3 is 5.97 Å². The maximum absolute atomic E-state index is 13.5. The van der Waals surface area contributed by atoms with Crippen LogP contribution >= 0.6 is 11.6 Å². The van der Waals surface area contributed by atoms with E-state index < -0.39 is 17.3 Å². The Morgan fingerprint density at radius 1 is 1.33 bits per heavy atom. The van der Waals surface area contributed by atoms with Crippen LogP contribution in [-0.2, 0) is 0 Å². The summed E-state index contributed by atoms with van der Waals surface area (Å²) in [5.74, 6) is -0.382. The summed E-state index contributed by atoms with van der Waals surface area (Å²) in [6.07, 6.45) is 3.34. The predicted molar refractivity (Wildman–Crippen MR) is 63.6 cm³/mol. The number of halogens is 2. The molecule has 0 bridgehead atoms. The number of hydrogen-bond donors (Lipinski definition) is 1. The molecule has 2 fully saturated rings. The number of benzene rings is 1. The van der Waals surface area contributed by atoms with Crippen LogP contribution in [-0.4, -0.2) is 17.2 Å². The molecule has 3 rings (SSSR count). The van der Waals surface area contributed by atoms with Gasteiger partial charge in [0, 0.05) is 6.07 Å². The van der Waals surface area contributed by atoms with Gasteiger partial charge in [0.1, 0.15) is 11.6 Å². The number of ether oxygens (including phenoxy) is 1. The first kappa shape index (κ1) is 11.8. The number of carboxylic acid groups (broad SMARTS) is 1. The highest BCUT2D eigenvalue weighted by atomic mass is 35.5. The summed E-state index contributed by atoms with van der Waals surface area (Å²) in [6, 6.07) is 2.17. The summed E-state index contributed by atoms with van der Waals surface area (Å²) in [7, 11) is 0. The molecule has 2 saturated carbocycles. The summed E-state index contributed by atoms with van der Waals surface area (Å²) in [4.78, 5) is 10.7. The van der Waals surface area contributed by atoms with E-state index in [-0.39, 0.29) is 16.9 Å². The zero-order valence-electron chi connectivity index (χ0n) is 9.53. The predicted octanol–water partition coefficient (Wildman–Crippen LogP) is 3.35. The average Bonchev–Trinajstić information content (AvgIpc) is 2.91. The Hall–Kier alpha value is -1.29. The van der Waals surface area contributed by atoms with Crippen molar-refractivity contribution in [3.8, 4) is 5.75 Å². The minimum Gasteiger partial charge on any atom is -0.489 e. The molecular formula is C13H12ClFO3. The van der Waals surface area contributed by atoms with E-state index in [9.17, 15) is 9.18 Å². The van der Waals surface area contributed by atoms with Crippen LogP contribution in [0, 0.1) is 17.7 Å². The molecule has 0 heterocycles. The van der Waals surface area contributed by atoms with Crippen molar-refractivity contribution in [3.63, 3.8) is 0 Å². The highest BCUT2D eigenvalue weighted by molar-refractivity contribution is 6.32. The van der Waals surface area contributed by atoms with Crippen LogP contribution in [0.1, 0.15) is 29.6 Å². The fourth-order valence-electron chi connectivity index (χ4n) is 2.72. The Bertz CT molecular complexity index is 507. The lowest BCUT2D eigenvalue weighted by Gasteiger charge is -2.16. The van der Waals surface area contributed by atoms with Crippen molar-refractivity contribution in [2.75, 3.05) is 0 Å². The Kier molecular flexibility index (Phi) is 2.70. The number of carbonyl (C=O) groups is 1.